The van der Waals surface area contributed by atoms with Crippen molar-refractivity contribution in [3.63, 3.8) is 0 Å². The van der Waals surface area contributed by atoms with Crippen molar-refractivity contribution in [2.75, 3.05) is 0 Å². The molecular weight excluding hydrogens is 386 g/mol. The highest BCUT2D eigenvalue weighted by Gasteiger charge is 2.36. The van der Waals surface area contributed by atoms with Gasteiger partial charge in [0, 0.05) is 17.9 Å². The summed E-state index contributed by atoms with van der Waals surface area (Å²) in [6.45, 7) is 7.35. The van der Waals surface area contributed by atoms with Crippen molar-refractivity contribution in [2.24, 2.45) is 20.4 Å². The molecule has 0 bridgehead atoms. The maximum absolute atomic E-state index is 12.5. The molecule has 11 nitrogen and oxygen atoms in total. The number of azo groups is 1. The van der Waals surface area contributed by atoms with E-state index < -0.39 is 10.6 Å². The highest BCUT2D eigenvalue weighted by Crippen LogP contribution is 2.37. The third-order valence-corrected chi connectivity index (χ3v) is 4.64. The van der Waals surface area contributed by atoms with Gasteiger partial charge in [-0.1, -0.05) is 71.2 Å². The summed E-state index contributed by atoms with van der Waals surface area (Å²) in [6.07, 6.45) is 0. The molecule has 0 saturated carbocycles. The van der Waals surface area contributed by atoms with E-state index in [1.54, 1.807) is 31.2 Å². The zero-order chi connectivity index (χ0) is 21.6. The van der Waals surface area contributed by atoms with Crippen molar-refractivity contribution < 1.29 is 10.2 Å². The smallest absolute Gasteiger partial charge is 0.292 e. The molecule has 1 aromatic carbocycles. The standard InChI is InChI=1S/C19H19N9O2/c1-11-23-27-18(26(11)29)15(16(25-27)19(2,3)4)21-22-17-13(10-20)14(24-28(17)30)12-8-6-5-7-9-12/h5-9,26,28H,1-4H3. The van der Waals surface area contributed by atoms with E-state index >= 15 is 0 Å². The first-order chi connectivity index (χ1) is 14.2. The summed E-state index contributed by atoms with van der Waals surface area (Å²) in [4.78, 5) is 1.24. The summed E-state index contributed by atoms with van der Waals surface area (Å²) >= 11 is 0. The van der Waals surface area contributed by atoms with Crippen LogP contribution >= 0.6 is 0 Å². The zero-order valence-electron chi connectivity index (χ0n) is 16.8. The molecule has 0 spiro atoms. The number of aromatic nitrogens is 2. The highest BCUT2D eigenvalue weighted by molar-refractivity contribution is 6.15. The predicted octanol–water partition coefficient (Wildman–Crippen LogP) is 1.01. The van der Waals surface area contributed by atoms with Gasteiger partial charge in [0.2, 0.25) is 5.84 Å². The van der Waals surface area contributed by atoms with Crippen LogP contribution in [0.5, 0.6) is 0 Å². The van der Waals surface area contributed by atoms with Crippen molar-refractivity contribution in [2.45, 2.75) is 33.1 Å². The number of nitrogens with zero attached hydrogens (tertiary/aromatic N) is 7. The van der Waals surface area contributed by atoms with E-state index in [2.05, 4.69) is 25.5 Å². The number of benzene rings is 1. The third-order valence-electron chi connectivity index (χ3n) is 4.64. The molecule has 30 heavy (non-hydrogen) atoms. The first-order valence-corrected chi connectivity index (χ1v) is 9.21. The molecular formula is C19H19N9O2. The molecule has 2 N–H and O–H groups in total. The molecule has 2 aliphatic rings. The first kappa shape index (κ1) is 19.7. The number of allylic oxidation sites excluding steroid dienone is 1. The second kappa shape index (κ2) is 7.05. The van der Waals surface area contributed by atoms with Crippen LogP contribution in [0.3, 0.4) is 0 Å². The molecule has 2 aliphatic heterocycles. The fraction of sp³-hybridized carbons (Fsp3) is 0.263. The molecule has 11 heteroatoms. The first-order valence-electron chi connectivity index (χ1n) is 9.21. The van der Waals surface area contributed by atoms with Gasteiger partial charge in [0.1, 0.15) is 11.8 Å². The van der Waals surface area contributed by atoms with Crippen molar-refractivity contribution in [1.82, 2.24) is 9.89 Å². The fourth-order valence-corrected chi connectivity index (χ4v) is 3.16. The molecule has 2 unspecified atom stereocenters. The second-order valence-corrected chi connectivity index (χ2v) is 7.87. The number of nitrogens with one attached hydrogen (secondary N) is 2. The maximum Gasteiger partial charge on any atom is 0.292 e. The molecule has 3 heterocycles. The summed E-state index contributed by atoms with van der Waals surface area (Å²) < 4.78 is 0. The molecule has 4 rings (SSSR count). The van der Waals surface area contributed by atoms with Crippen LogP contribution in [0.15, 0.2) is 62.2 Å². The maximum atomic E-state index is 12.5. The van der Waals surface area contributed by atoms with Gasteiger partial charge in [0.25, 0.3) is 11.6 Å². The number of rotatable bonds is 3. The number of hydrogen-bond acceptors (Lipinski definition) is 8. The monoisotopic (exact) mass is 405 g/mol. The largest absolute Gasteiger partial charge is 0.621 e. The molecule has 0 aliphatic carbocycles. The Morgan fingerprint density at radius 3 is 2.47 bits per heavy atom. The quantitative estimate of drug-likeness (QED) is 0.579. The van der Waals surface area contributed by atoms with Gasteiger partial charge in [-0.05, 0) is 0 Å². The van der Waals surface area contributed by atoms with Crippen LogP contribution < -0.4 is 10.2 Å². The number of hydrogen-bond donors (Lipinski definition) is 2. The van der Waals surface area contributed by atoms with Crippen LogP contribution in [0.4, 0.5) is 11.5 Å². The fourth-order valence-electron chi connectivity index (χ4n) is 3.16. The Bertz CT molecular complexity index is 1180. The number of fused-ring (bicyclic) bond motifs is 1. The lowest BCUT2D eigenvalue weighted by atomic mass is 9.91. The second-order valence-electron chi connectivity index (χ2n) is 7.87. The lowest BCUT2D eigenvalue weighted by Crippen LogP contribution is -3.03. The Morgan fingerprint density at radius 1 is 1.13 bits per heavy atom. The van der Waals surface area contributed by atoms with Gasteiger partial charge in [0.05, 0.1) is 0 Å². The minimum Gasteiger partial charge on any atom is -0.621 e. The summed E-state index contributed by atoms with van der Waals surface area (Å²) in [5.41, 5.74) is 1.22. The van der Waals surface area contributed by atoms with E-state index in [0.717, 1.165) is 0 Å². The summed E-state index contributed by atoms with van der Waals surface area (Å²) in [7, 11) is 0. The predicted molar refractivity (Wildman–Crippen MR) is 108 cm³/mol. The van der Waals surface area contributed by atoms with Crippen molar-refractivity contribution in [3.05, 3.63) is 63.4 Å². The van der Waals surface area contributed by atoms with Gasteiger partial charge in [-0.25, -0.2) is 0 Å². The topological polar surface area (TPSA) is 146 Å². The molecule has 0 radical (unpaired) electrons. The normalized spacial score (nSPS) is 21.1. The Balaban J connectivity index is 1.79. The van der Waals surface area contributed by atoms with Gasteiger partial charge in [0.15, 0.2) is 17.0 Å². The summed E-state index contributed by atoms with van der Waals surface area (Å²) in [5, 5.41) is 54.4. The molecule has 2 aromatic rings. The molecule has 152 valence electrons. The van der Waals surface area contributed by atoms with Crippen LogP contribution in [-0.2, 0) is 5.41 Å². The summed E-state index contributed by atoms with van der Waals surface area (Å²) in [5.74, 6) is 0.312. The lowest BCUT2D eigenvalue weighted by molar-refractivity contribution is -0.811. The SMILES string of the molecule is CC1=Nn2nc(C(C)(C)C)c(N=NC3=C(C#N)C(c4ccccc4)=N[NH+]3[O-])c2[NH+]1[O-]. The number of quaternary nitrogens is 2. The van der Waals surface area contributed by atoms with Gasteiger partial charge in [-0.15, -0.1) is 10.2 Å². The van der Waals surface area contributed by atoms with Crippen LogP contribution in [0, 0.1) is 21.7 Å². The Morgan fingerprint density at radius 2 is 1.83 bits per heavy atom. The molecule has 1 aromatic heterocycles. The highest BCUT2D eigenvalue weighted by atomic mass is 16.5. The minimum absolute atomic E-state index is 0.0369. The van der Waals surface area contributed by atoms with Gasteiger partial charge >= 0.3 is 0 Å². The molecule has 0 amide bonds. The van der Waals surface area contributed by atoms with Gasteiger partial charge in [-0.2, -0.15) is 10.4 Å². The van der Waals surface area contributed by atoms with Crippen LogP contribution in [0.1, 0.15) is 39.0 Å². The molecule has 0 fully saturated rings. The molecule has 0 saturated heterocycles. The Kier molecular flexibility index (Phi) is 4.64. The van der Waals surface area contributed by atoms with E-state index in [0.29, 0.717) is 11.3 Å². The summed E-state index contributed by atoms with van der Waals surface area (Å²) in [6, 6.07) is 10.9. The van der Waals surface area contributed by atoms with Gasteiger partial charge in [-0.3, -0.25) is 5.06 Å². The van der Waals surface area contributed by atoms with Crippen LogP contribution in [0.2, 0.25) is 0 Å². The number of amidine groups is 1. The van der Waals surface area contributed by atoms with Crippen molar-refractivity contribution in [3.8, 4) is 6.07 Å². The average molecular weight is 405 g/mol. The van der Waals surface area contributed by atoms with Crippen molar-refractivity contribution in [1.29, 1.82) is 5.26 Å². The number of nitriles is 1. The van der Waals surface area contributed by atoms with Crippen LogP contribution in [0.25, 0.3) is 0 Å². The van der Waals surface area contributed by atoms with Gasteiger partial charge < -0.3 is 10.4 Å². The Hall–Kier alpha value is -3.56. The van der Waals surface area contributed by atoms with Crippen LogP contribution in [-0.4, -0.2) is 21.4 Å². The third kappa shape index (κ3) is 3.14. The van der Waals surface area contributed by atoms with E-state index in [4.69, 9.17) is 0 Å². The van der Waals surface area contributed by atoms with E-state index in [-0.39, 0.29) is 39.5 Å². The van der Waals surface area contributed by atoms with E-state index in [1.165, 1.54) is 4.79 Å². The number of hydroxylamine groups is 2. The average Bonchev–Trinajstić information content (AvgIpc) is 3.31. The van der Waals surface area contributed by atoms with E-state index in [1.807, 2.05) is 32.9 Å². The Labute approximate surface area is 172 Å². The van der Waals surface area contributed by atoms with Crippen molar-refractivity contribution >= 4 is 23.1 Å². The zero-order valence-corrected chi connectivity index (χ0v) is 16.8. The van der Waals surface area contributed by atoms with E-state index in [9.17, 15) is 15.7 Å². The molecule has 2 atom stereocenters. The minimum atomic E-state index is -0.658. The lowest BCUT2D eigenvalue weighted by Gasteiger charge is -2.17.